The molecule has 1 aromatic carbocycles. The number of rotatable bonds is 5. The van der Waals surface area contributed by atoms with Gasteiger partial charge in [0.25, 0.3) is 5.91 Å². The van der Waals surface area contributed by atoms with E-state index in [-0.39, 0.29) is 18.9 Å². The number of aliphatic carboxylic acids is 1. The first-order chi connectivity index (χ1) is 11.6. The van der Waals surface area contributed by atoms with Gasteiger partial charge in [-0.05, 0) is 23.8 Å². The summed E-state index contributed by atoms with van der Waals surface area (Å²) in [5.41, 5.74) is 1.59. The molecule has 1 atom stereocenters. The van der Waals surface area contributed by atoms with Crippen LogP contribution in [0.25, 0.3) is 0 Å². The maximum atomic E-state index is 12.7. The van der Waals surface area contributed by atoms with Crippen LogP contribution in [0, 0.1) is 0 Å². The van der Waals surface area contributed by atoms with Crippen molar-refractivity contribution in [2.45, 2.75) is 19.0 Å². The maximum Gasteiger partial charge on any atom is 0.305 e. The number of ether oxygens (including phenoxy) is 1. The van der Waals surface area contributed by atoms with Crippen molar-refractivity contribution in [3.05, 3.63) is 53.9 Å². The van der Waals surface area contributed by atoms with E-state index in [0.29, 0.717) is 25.3 Å². The van der Waals surface area contributed by atoms with Gasteiger partial charge in [-0.1, -0.05) is 12.1 Å². The topological polar surface area (TPSA) is 84.7 Å². The first kappa shape index (κ1) is 16.2. The van der Waals surface area contributed by atoms with Crippen LogP contribution < -0.4 is 0 Å². The van der Waals surface area contributed by atoms with Crippen LogP contribution in [0.3, 0.4) is 0 Å². The highest BCUT2D eigenvalue weighted by Crippen LogP contribution is 2.16. The molecule has 1 aliphatic heterocycles. The van der Waals surface area contributed by atoms with Crippen molar-refractivity contribution >= 4 is 11.9 Å². The van der Waals surface area contributed by atoms with E-state index in [2.05, 4.69) is 5.10 Å². The maximum absolute atomic E-state index is 12.7. The van der Waals surface area contributed by atoms with Crippen molar-refractivity contribution in [1.82, 2.24) is 14.7 Å². The van der Waals surface area contributed by atoms with Crippen molar-refractivity contribution in [3.8, 4) is 0 Å². The van der Waals surface area contributed by atoms with Crippen molar-refractivity contribution < 1.29 is 19.4 Å². The van der Waals surface area contributed by atoms with Crippen molar-refractivity contribution in [2.75, 3.05) is 19.8 Å². The van der Waals surface area contributed by atoms with Crippen molar-refractivity contribution in [3.63, 3.8) is 0 Å². The molecule has 0 bridgehead atoms. The average Bonchev–Trinajstić information content (AvgIpc) is 3.08. The Labute approximate surface area is 139 Å². The molecule has 1 unspecified atom stereocenters. The van der Waals surface area contributed by atoms with E-state index in [0.717, 1.165) is 5.56 Å². The van der Waals surface area contributed by atoms with Gasteiger partial charge in [-0.2, -0.15) is 5.10 Å². The van der Waals surface area contributed by atoms with Gasteiger partial charge in [-0.15, -0.1) is 0 Å². The third-order valence-corrected chi connectivity index (χ3v) is 4.00. The molecule has 3 rings (SSSR count). The molecule has 0 spiro atoms. The number of morpholine rings is 1. The summed E-state index contributed by atoms with van der Waals surface area (Å²) in [4.78, 5) is 25.2. The van der Waals surface area contributed by atoms with E-state index in [1.165, 1.54) is 0 Å². The fourth-order valence-corrected chi connectivity index (χ4v) is 2.79. The first-order valence-electron chi connectivity index (χ1n) is 7.80. The molecule has 1 N–H and O–H groups in total. The summed E-state index contributed by atoms with van der Waals surface area (Å²) in [5.74, 6) is -1.09. The van der Waals surface area contributed by atoms with Crippen LogP contribution >= 0.6 is 0 Å². The summed E-state index contributed by atoms with van der Waals surface area (Å²) in [5, 5.41) is 13.1. The second-order valence-electron chi connectivity index (χ2n) is 5.73. The summed E-state index contributed by atoms with van der Waals surface area (Å²) < 4.78 is 7.12. The Kier molecular flexibility index (Phi) is 4.90. The molecule has 2 aromatic rings. The Hall–Kier alpha value is -2.67. The number of hydrogen-bond donors (Lipinski definition) is 1. The van der Waals surface area contributed by atoms with Gasteiger partial charge >= 0.3 is 5.97 Å². The van der Waals surface area contributed by atoms with Crippen LogP contribution in [0.15, 0.2) is 42.7 Å². The van der Waals surface area contributed by atoms with Crippen molar-refractivity contribution in [1.29, 1.82) is 0 Å². The molecular formula is C17H19N3O4. The standard InChI is InChI=1S/C17H19N3O4/c21-16(22)10-15-12-24-9-8-20(15)17(23)14-4-2-13(3-5-14)11-19-7-1-6-18-19/h1-7,15H,8-12H2,(H,21,22). The second-order valence-corrected chi connectivity index (χ2v) is 5.73. The summed E-state index contributed by atoms with van der Waals surface area (Å²) in [6, 6.07) is 8.76. The van der Waals surface area contributed by atoms with E-state index in [1.54, 1.807) is 23.2 Å². The minimum Gasteiger partial charge on any atom is -0.481 e. The Morgan fingerprint density at radius 2 is 2.08 bits per heavy atom. The minimum absolute atomic E-state index is 0.108. The van der Waals surface area contributed by atoms with E-state index in [9.17, 15) is 9.59 Å². The fraction of sp³-hybridized carbons (Fsp3) is 0.353. The predicted molar refractivity (Wildman–Crippen MR) is 85.7 cm³/mol. The normalized spacial score (nSPS) is 17.7. The largest absolute Gasteiger partial charge is 0.481 e. The molecule has 1 amide bonds. The van der Waals surface area contributed by atoms with Gasteiger partial charge in [0.1, 0.15) is 0 Å². The number of carbonyl (C=O) groups excluding carboxylic acids is 1. The minimum atomic E-state index is -0.933. The van der Waals surface area contributed by atoms with Gasteiger partial charge in [0.15, 0.2) is 0 Å². The molecule has 0 radical (unpaired) electrons. The quantitative estimate of drug-likeness (QED) is 0.892. The number of benzene rings is 1. The zero-order valence-corrected chi connectivity index (χ0v) is 13.2. The lowest BCUT2D eigenvalue weighted by molar-refractivity contribution is -0.139. The van der Waals surface area contributed by atoms with Gasteiger partial charge in [0.2, 0.25) is 0 Å². The van der Waals surface area contributed by atoms with Crippen LogP contribution in [0.5, 0.6) is 0 Å². The van der Waals surface area contributed by atoms with Crippen molar-refractivity contribution in [2.24, 2.45) is 0 Å². The number of hydrogen-bond acceptors (Lipinski definition) is 4. The molecule has 24 heavy (non-hydrogen) atoms. The van der Waals surface area contributed by atoms with Crippen LogP contribution in [0.1, 0.15) is 22.3 Å². The lowest BCUT2D eigenvalue weighted by Gasteiger charge is -2.34. The molecule has 7 heteroatoms. The summed E-state index contributed by atoms with van der Waals surface area (Å²) in [6.07, 6.45) is 3.49. The Morgan fingerprint density at radius 1 is 1.29 bits per heavy atom. The van der Waals surface area contributed by atoms with E-state index in [1.807, 2.05) is 29.1 Å². The van der Waals surface area contributed by atoms with E-state index >= 15 is 0 Å². The number of carbonyl (C=O) groups is 2. The number of carboxylic acids is 1. The first-order valence-corrected chi connectivity index (χ1v) is 7.80. The summed E-state index contributed by atoms with van der Waals surface area (Å²) in [6.45, 7) is 1.74. The molecule has 126 valence electrons. The third kappa shape index (κ3) is 3.80. The lowest BCUT2D eigenvalue weighted by Crippen LogP contribution is -2.49. The van der Waals surface area contributed by atoms with Crippen LogP contribution in [-0.2, 0) is 16.1 Å². The van der Waals surface area contributed by atoms with Crippen LogP contribution in [-0.4, -0.2) is 57.5 Å². The monoisotopic (exact) mass is 329 g/mol. The molecule has 0 aliphatic carbocycles. The molecule has 1 aromatic heterocycles. The smallest absolute Gasteiger partial charge is 0.305 e. The number of nitrogens with zero attached hydrogens (tertiary/aromatic N) is 3. The van der Waals surface area contributed by atoms with Gasteiger partial charge in [-0.25, -0.2) is 0 Å². The summed E-state index contributed by atoms with van der Waals surface area (Å²) >= 11 is 0. The Bertz CT molecular complexity index is 697. The van der Waals surface area contributed by atoms with E-state index < -0.39 is 12.0 Å². The van der Waals surface area contributed by atoms with Gasteiger partial charge in [0, 0.05) is 24.5 Å². The number of aromatic nitrogens is 2. The fourth-order valence-electron chi connectivity index (χ4n) is 2.79. The van der Waals surface area contributed by atoms with Gasteiger partial charge in [0.05, 0.1) is 32.2 Å². The molecule has 1 saturated heterocycles. The average molecular weight is 329 g/mol. The van der Waals surface area contributed by atoms with Crippen LogP contribution in [0.4, 0.5) is 0 Å². The molecule has 7 nitrogen and oxygen atoms in total. The number of carboxylic acid groups (broad SMARTS) is 1. The molecule has 2 heterocycles. The highest BCUT2D eigenvalue weighted by atomic mass is 16.5. The highest BCUT2D eigenvalue weighted by Gasteiger charge is 2.29. The number of amides is 1. The molecule has 1 fully saturated rings. The van der Waals surface area contributed by atoms with E-state index in [4.69, 9.17) is 9.84 Å². The Morgan fingerprint density at radius 3 is 2.75 bits per heavy atom. The predicted octanol–water partition coefficient (Wildman–Crippen LogP) is 1.25. The van der Waals surface area contributed by atoms with Gasteiger partial charge < -0.3 is 14.7 Å². The van der Waals surface area contributed by atoms with Gasteiger partial charge in [-0.3, -0.25) is 14.3 Å². The molecule has 0 saturated carbocycles. The zero-order chi connectivity index (χ0) is 16.9. The highest BCUT2D eigenvalue weighted by molar-refractivity contribution is 5.94. The SMILES string of the molecule is O=C(O)CC1COCCN1C(=O)c1ccc(Cn2cccn2)cc1. The second kappa shape index (κ2) is 7.27. The third-order valence-electron chi connectivity index (χ3n) is 4.00. The Balaban J connectivity index is 1.70. The lowest BCUT2D eigenvalue weighted by atomic mass is 10.1. The molecule has 1 aliphatic rings. The summed E-state index contributed by atoms with van der Waals surface area (Å²) in [7, 11) is 0. The van der Waals surface area contributed by atoms with Crippen LogP contribution in [0.2, 0.25) is 0 Å². The zero-order valence-electron chi connectivity index (χ0n) is 13.2. The molecular weight excluding hydrogens is 310 g/mol.